The maximum Gasteiger partial charge on any atom is 0.350 e. The molecule has 0 amide bonds. The van der Waals surface area contributed by atoms with Crippen molar-refractivity contribution in [2.45, 2.75) is 18.7 Å². The fraction of sp³-hybridized carbons (Fsp3) is 0.214. The van der Waals surface area contributed by atoms with E-state index in [1.54, 1.807) is 17.5 Å². The predicted octanol–water partition coefficient (Wildman–Crippen LogP) is 2.95. The summed E-state index contributed by atoms with van der Waals surface area (Å²) < 4.78 is 31.8. The molecule has 0 saturated carbocycles. The van der Waals surface area contributed by atoms with Crippen molar-refractivity contribution in [1.82, 2.24) is 0 Å². The van der Waals surface area contributed by atoms with Crippen LogP contribution in [-0.4, -0.2) is 21.5 Å². The first kappa shape index (κ1) is 15.5. The third-order valence-corrected chi connectivity index (χ3v) is 5.33. The van der Waals surface area contributed by atoms with Gasteiger partial charge in [0, 0.05) is 0 Å². The molecule has 0 bridgehead atoms. The van der Waals surface area contributed by atoms with Gasteiger partial charge in [-0.1, -0.05) is 6.07 Å². The number of benzene rings is 1. The van der Waals surface area contributed by atoms with Gasteiger partial charge in [-0.2, -0.15) is 0 Å². The van der Waals surface area contributed by atoms with Gasteiger partial charge in [0.15, 0.2) is 0 Å². The molecule has 0 aliphatic heterocycles. The SMILES string of the molecule is COC(=O)c1sccc1NS(=O)(=O)c1ccc(C)c(C)c1. The van der Waals surface area contributed by atoms with Gasteiger partial charge in [-0.05, 0) is 48.6 Å². The highest BCUT2D eigenvalue weighted by molar-refractivity contribution is 7.92. The van der Waals surface area contributed by atoms with E-state index in [9.17, 15) is 13.2 Å². The van der Waals surface area contributed by atoms with Gasteiger partial charge in [0.1, 0.15) is 4.88 Å². The molecule has 1 aromatic heterocycles. The lowest BCUT2D eigenvalue weighted by Gasteiger charge is -2.09. The van der Waals surface area contributed by atoms with Crippen LogP contribution in [-0.2, 0) is 14.8 Å². The molecule has 1 N–H and O–H groups in total. The lowest BCUT2D eigenvalue weighted by Crippen LogP contribution is -2.15. The molecule has 0 unspecified atom stereocenters. The number of carbonyl (C=O) groups excluding carboxylic acids is 1. The summed E-state index contributed by atoms with van der Waals surface area (Å²) in [5, 5.41) is 1.63. The monoisotopic (exact) mass is 325 g/mol. The highest BCUT2D eigenvalue weighted by Crippen LogP contribution is 2.26. The molecule has 0 fully saturated rings. The molecule has 5 nitrogen and oxygen atoms in total. The smallest absolute Gasteiger partial charge is 0.350 e. The first-order chi connectivity index (χ1) is 9.85. The Morgan fingerprint density at radius 2 is 1.90 bits per heavy atom. The van der Waals surface area contributed by atoms with Crippen LogP contribution in [0.4, 0.5) is 5.69 Å². The summed E-state index contributed by atoms with van der Waals surface area (Å²) in [5.74, 6) is -0.567. The van der Waals surface area contributed by atoms with Crippen molar-refractivity contribution in [2.24, 2.45) is 0 Å². The molecular formula is C14H15NO4S2. The molecule has 0 aliphatic carbocycles. The van der Waals surface area contributed by atoms with Crippen molar-refractivity contribution in [3.8, 4) is 0 Å². The Morgan fingerprint density at radius 1 is 1.19 bits per heavy atom. The van der Waals surface area contributed by atoms with Crippen LogP contribution in [0.5, 0.6) is 0 Å². The van der Waals surface area contributed by atoms with Crippen LogP contribution < -0.4 is 4.72 Å². The van der Waals surface area contributed by atoms with E-state index in [1.807, 2.05) is 13.8 Å². The molecule has 2 rings (SSSR count). The van der Waals surface area contributed by atoms with Crippen LogP contribution in [0, 0.1) is 13.8 Å². The summed E-state index contributed by atoms with van der Waals surface area (Å²) in [7, 11) is -2.48. The van der Waals surface area contributed by atoms with Gasteiger partial charge in [0.05, 0.1) is 17.7 Å². The molecule has 0 aliphatic rings. The highest BCUT2D eigenvalue weighted by Gasteiger charge is 2.20. The number of aryl methyl sites for hydroxylation is 2. The van der Waals surface area contributed by atoms with Gasteiger partial charge in [0.2, 0.25) is 0 Å². The van der Waals surface area contributed by atoms with Crippen LogP contribution in [0.15, 0.2) is 34.5 Å². The molecule has 0 spiro atoms. The number of sulfonamides is 1. The van der Waals surface area contributed by atoms with Crippen molar-refractivity contribution in [3.63, 3.8) is 0 Å². The Morgan fingerprint density at radius 3 is 2.52 bits per heavy atom. The second-order valence-corrected chi connectivity index (χ2v) is 7.11. The standard InChI is InChI=1S/C14H15NO4S2/c1-9-4-5-11(8-10(9)2)21(17,18)15-12-6-7-20-13(12)14(16)19-3/h4-8,15H,1-3H3. The van der Waals surface area contributed by atoms with Crippen molar-refractivity contribution < 1.29 is 17.9 Å². The highest BCUT2D eigenvalue weighted by atomic mass is 32.2. The van der Waals surface area contributed by atoms with E-state index in [4.69, 9.17) is 0 Å². The summed E-state index contributed by atoms with van der Waals surface area (Å²) in [5.41, 5.74) is 2.13. The van der Waals surface area contributed by atoms with Crippen LogP contribution in [0.3, 0.4) is 0 Å². The van der Waals surface area contributed by atoms with E-state index in [-0.39, 0.29) is 15.5 Å². The van der Waals surface area contributed by atoms with E-state index >= 15 is 0 Å². The van der Waals surface area contributed by atoms with Gasteiger partial charge >= 0.3 is 5.97 Å². The van der Waals surface area contributed by atoms with E-state index in [1.165, 1.54) is 19.2 Å². The van der Waals surface area contributed by atoms with E-state index in [0.29, 0.717) is 0 Å². The van der Waals surface area contributed by atoms with E-state index in [0.717, 1.165) is 22.5 Å². The van der Waals surface area contributed by atoms with E-state index in [2.05, 4.69) is 9.46 Å². The van der Waals surface area contributed by atoms with Gasteiger partial charge in [0.25, 0.3) is 10.0 Å². The minimum atomic E-state index is -3.74. The Labute approximate surface area is 127 Å². The zero-order valence-corrected chi connectivity index (χ0v) is 13.5. The number of nitrogens with one attached hydrogen (secondary N) is 1. The van der Waals surface area contributed by atoms with Crippen molar-refractivity contribution in [1.29, 1.82) is 0 Å². The zero-order chi connectivity index (χ0) is 15.6. The summed E-state index contributed by atoms with van der Waals surface area (Å²) in [6, 6.07) is 6.42. The van der Waals surface area contributed by atoms with Crippen LogP contribution >= 0.6 is 11.3 Å². The van der Waals surface area contributed by atoms with Crippen molar-refractivity contribution >= 4 is 33.0 Å². The molecule has 21 heavy (non-hydrogen) atoms. The molecule has 1 aromatic carbocycles. The molecule has 112 valence electrons. The minimum absolute atomic E-state index is 0.160. The average Bonchev–Trinajstić information content (AvgIpc) is 2.88. The molecular weight excluding hydrogens is 310 g/mol. The van der Waals surface area contributed by atoms with Crippen LogP contribution in [0.25, 0.3) is 0 Å². The number of hydrogen-bond acceptors (Lipinski definition) is 5. The van der Waals surface area contributed by atoms with E-state index < -0.39 is 16.0 Å². The Balaban J connectivity index is 2.36. The quantitative estimate of drug-likeness (QED) is 0.877. The number of methoxy groups -OCH3 is 1. The van der Waals surface area contributed by atoms with Crippen LogP contribution in [0.1, 0.15) is 20.8 Å². The predicted molar refractivity (Wildman–Crippen MR) is 82.4 cm³/mol. The fourth-order valence-electron chi connectivity index (χ4n) is 1.73. The number of esters is 1. The third kappa shape index (κ3) is 3.25. The molecule has 0 saturated heterocycles. The number of anilines is 1. The normalized spacial score (nSPS) is 11.2. The molecule has 0 radical (unpaired) electrons. The maximum absolute atomic E-state index is 12.4. The molecule has 1 heterocycles. The summed E-state index contributed by atoms with van der Waals surface area (Å²) in [4.78, 5) is 12.0. The topological polar surface area (TPSA) is 72.5 Å². The van der Waals surface area contributed by atoms with Gasteiger partial charge in [-0.3, -0.25) is 4.72 Å². The largest absolute Gasteiger partial charge is 0.465 e. The molecule has 0 atom stereocenters. The molecule has 7 heteroatoms. The number of carbonyl (C=O) groups is 1. The molecule has 2 aromatic rings. The lowest BCUT2D eigenvalue weighted by atomic mass is 10.1. The number of ether oxygens (including phenoxy) is 1. The first-order valence-electron chi connectivity index (χ1n) is 6.11. The second-order valence-electron chi connectivity index (χ2n) is 4.51. The van der Waals surface area contributed by atoms with Gasteiger partial charge in [-0.15, -0.1) is 11.3 Å². The number of rotatable bonds is 4. The Bertz CT molecular complexity index is 778. The summed E-state index contributed by atoms with van der Waals surface area (Å²) >= 11 is 1.12. The average molecular weight is 325 g/mol. The fourth-order valence-corrected chi connectivity index (χ4v) is 3.71. The third-order valence-electron chi connectivity index (χ3n) is 3.07. The van der Waals surface area contributed by atoms with Crippen LogP contribution in [0.2, 0.25) is 0 Å². The van der Waals surface area contributed by atoms with Crippen molar-refractivity contribution in [3.05, 3.63) is 45.6 Å². The summed E-state index contributed by atoms with van der Waals surface area (Å²) in [6.45, 7) is 3.76. The second kappa shape index (κ2) is 5.87. The number of thiophene rings is 1. The maximum atomic E-state index is 12.4. The van der Waals surface area contributed by atoms with Gasteiger partial charge in [-0.25, -0.2) is 13.2 Å². The Hall–Kier alpha value is -1.86. The first-order valence-corrected chi connectivity index (χ1v) is 8.47. The number of hydrogen-bond donors (Lipinski definition) is 1. The minimum Gasteiger partial charge on any atom is -0.465 e. The van der Waals surface area contributed by atoms with Crippen molar-refractivity contribution in [2.75, 3.05) is 11.8 Å². The summed E-state index contributed by atoms with van der Waals surface area (Å²) in [6.07, 6.45) is 0. The zero-order valence-electron chi connectivity index (χ0n) is 11.8. The lowest BCUT2D eigenvalue weighted by molar-refractivity contribution is 0.0607. The van der Waals surface area contributed by atoms with Gasteiger partial charge < -0.3 is 4.74 Å². The Kier molecular flexibility index (Phi) is 4.34.